The molecule has 8 atom stereocenters. The van der Waals surface area contributed by atoms with Gasteiger partial charge in [0, 0.05) is 29.6 Å². The van der Waals surface area contributed by atoms with Crippen LogP contribution in [0.1, 0.15) is 71.6 Å². The van der Waals surface area contributed by atoms with Gasteiger partial charge in [0.25, 0.3) is 0 Å². The molecule has 1 N–H and O–H groups in total. The van der Waals surface area contributed by atoms with E-state index in [1.807, 2.05) is 29.1 Å². The summed E-state index contributed by atoms with van der Waals surface area (Å²) in [6.45, 7) is 5.76. The maximum atomic E-state index is 13.7. The van der Waals surface area contributed by atoms with E-state index in [1.54, 1.807) is 7.11 Å². The number of ether oxygens (including phenoxy) is 1. The van der Waals surface area contributed by atoms with Crippen molar-refractivity contribution >= 4 is 28.3 Å². The maximum Gasteiger partial charge on any atom is 0.157 e. The largest absolute Gasteiger partial charge is 0.387 e. The normalized spacial score (nSPS) is 42.1. The van der Waals surface area contributed by atoms with Gasteiger partial charge in [0.2, 0.25) is 0 Å². The highest BCUT2D eigenvalue weighted by Gasteiger charge is 2.62. The number of nitrogens with zero attached hydrogens (tertiary/aromatic N) is 2. The summed E-state index contributed by atoms with van der Waals surface area (Å²) in [7, 11) is 1.70. The standard InChI is InChI=1S/C30H41ClN2O3/c1-28-12-13-30(35,18-36-3)15-20(28)4-6-22-23-7-8-25(29(23,2)11-10-24(22)28)27(34)17-33-16-19-14-21(31)5-9-26(19)32-33/h5,9,14,16,20,22-25,35H,4,6-8,10-13,15,17-18H2,1-3H3/t20-,22-,23-,24-,25+,28-,29-,30+/m0/s1. The Morgan fingerprint density at radius 3 is 2.72 bits per heavy atom. The third-order valence-corrected chi connectivity index (χ3v) is 11.7. The predicted molar refractivity (Wildman–Crippen MR) is 142 cm³/mol. The van der Waals surface area contributed by atoms with E-state index in [0.29, 0.717) is 47.1 Å². The van der Waals surface area contributed by atoms with Crippen LogP contribution in [0.4, 0.5) is 0 Å². The molecular formula is C30H41ClN2O3. The van der Waals surface area contributed by atoms with E-state index in [9.17, 15) is 9.90 Å². The molecule has 4 saturated carbocycles. The van der Waals surface area contributed by atoms with Gasteiger partial charge in [-0.05, 0) is 110 Å². The van der Waals surface area contributed by atoms with Gasteiger partial charge in [-0.2, -0.15) is 5.10 Å². The molecule has 1 aromatic heterocycles. The number of halogens is 1. The Hall–Kier alpha value is -1.43. The fraction of sp³-hybridized carbons (Fsp3) is 0.733. The lowest BCUT2D eigenvalue weighted by Gasteiger charge is -2.62. The van der Waals surface area contributed by atoms with Crippen molar-refractivity contribution in [2.75, 3.05) is 13.7 Å². The molecule has 0 aliphatic heterocycles. The lowest BCUT2D eigenvalue weighted by atomic mass is 9.44. The smallest absolute Gasteiger partial charge is 0.157 e. The van der Waals surface area contributed by atoms with Gasteiger partial charge in [-0.1, -0.05) is 25.4 Å². The Kier molecular flexibility index (Phi) is 6.09. The second-order valence-corrected chi connectivity index (χ2v) is 13.6. The van der Waals surface area contributed by atoms with Crippen LogP contribution in [0, 0.1) is 40.4 Å². The number of ketones is 1. The first-order valence-corrected chi connectivity index (χ1v) is 14.4. The molecule has 6 rings (SSSR count). The maximum absolute atomic E-state index is 13.7. The van der Waals surface area contributed by atoms with E-state index < -0.39 is 5.60 Å². The first-order chi connectivity index (χ1) is 17.1. The van der Waals surface area contributed by atoms with Crippen LogP contribution in [0.5, 0.6) is 0 Å². The molecule has 2 aromatic rings. The van der Waals surface area contributed by atoms with Crippen molar-refractivity contribution in [3.8, 4) is 0 Å². The van der Waals surface area contributed by atoms with Crippen LogP contribution in [0.15, 0.2) is 24.4 Å². The number of carbonyl (C=O) groups excluding carboxylic acids is 1. The van der Waals surface area contributed by atoms with Gasteiger partial charge in [0.15, 0.2) is 5.78 Å². The molecule has 0 spiro atoms. The minimum absolute atomic E-state index is 0.1000. The fourth-order valence-corrected chi connectivity index (χ4v) is 9.83. The van der Waals surface area contributed by atoms with Crippen LogP contribution in [0.25, 0.3) is 10.9 Å². The molecule has 6 heteroatoms. The van der Waals surface area contributed by atoms with Gasteiger partial charge in [-0.3, -0.25) is 9.48 Å². The number of aliphatic hydroxyl groups is 1. The fourth-order valence-electron chi connectivity index (χ4n) is 9.65. The molecule has 4 aliphatic carbocycles. The molecular weight excluding hydrogens is 472 g/mol. The van der Waals surface area contributed by atoms with Crippen molar-refractivity contribution in [3.05, 3.63) is 29.4 Å². The molecule has 196 valence electrons. The number of Topliss-reactive ketones (excluding diaryl/α,β-unsaturated/α-hetero) is 1. The van der Waals surface area contributed by atoms with Gasteiger partial charge >= 0.3 is 0 Å². The summed E-state index contributed by atoms with van der Waals surface area (Å²) < 4.78 is 7.20. The zero-order chi connectivity index (χ0) is 25.3. The highest BCUT2D eigenvalue weighted by atomic mass is 35.5. The second kappa shape index (κ2) is 8.81. The van der Waals surface area contributed by atoms with E-state index in [4.69, 9.17) is 16.3 Å². The van der Waals surface area contributed by atoms with Crippen molar-refractivity contribution < 1.29 is 14.6 Å². The Balaban J connectivity index is 1.18. The average Bonchev–Trinajstić information content (AvgIpc) is 3.39. The third-order valence-electron chi connectivity index (χ3n) is 11.5. The molecule has 0 amide bonds. The molecule has 36 heavy (non-hydrogen) atoms. The van der Waals surface area contributed by atoms with Crippen LogP contribution in [-0.2, 0) is 16.1 Å². The van der Waals surface area contributed by atoms with Crippen molar-refractivity contribution in [1.29, 1.82) is 0 Å². The van der Waals surface area contributed by atoms with E-state index in [-0.39, 0.29) is 11.3 Å². The number of aromatic nitrogens is 2. The zero-order valence-corrected chi connectivity index (χ0v) is 22.8. The summed E-state index contributed by atoms with van der Waals surface area (Å²) in [5.74, 6) is 3.13. The van der Waals surface area contributed by atoms with Gasteiger partial charge in [0.1, 0.15) is 0 Å². The quantitative estimate of drug-likeness (QED) is 0.511. The van der Waals surface area contributed by atoms with Crippen LogP contribution in [-0.4, -0.2) is 40.0 Å². The Bertz CT molecular complexity index is 1160. The monoisotopic (exact) mass is 512 g/mol. The van der Waals surface area contributed by atoms with E-state index in [2.05, 4.69) is 18.9 Å². The molecule has 0 bridgehead atoms. The molecule has 4 aliphatic rings. The summed E-state index contributed by atoms with van der Waals surface area (Å²) in [6.07, 6.45) is 11.8. The van der Waals surface area contributed by atoms with E-state index in [1.165, 1.54) is 25.7 Å². The Morgan fingerprint density at radius 1 is 1.11 bits per heavy atom. The Morgan fingerprint density at radius 2 is 1.92 bits per heavy atom. The SMILES string of the molecule is COC[C@@]1(O)CC[C@@]2(C)[C@@H](CC[C@@H]3[C@@H]2CC[C@]2(C)[C@@H](C(=O)Cn4cc5cc(Cl)ccc5n4)CC[C@@H]32)C1. The number of carbonyl (C=O) groups is 1. The van der Waals surface area contributed by atoms with Crippen molar-refractivity contribution in [3.63, 3.8) is 0 Å². The molecule has 0 unspecified atom stereocenters. The lowest BCUT2D eigenvalue weighted by molar-refractivity contribution is -0.164. The van der Waals surface area contributed by atoms with E-state index >= 15 is 0 Å². The van der Waals surface area contributed by atoms with Gasteiger partial charge in [0.05, 0.1) is 24.3 Å². The summed E-state index contributed by atoms with van der Waals surface area (Å²) in [5.41, 5.74) is 0.645. The van der Waals surface area contributed by atoms with E-state index in [0.717, 1.165) is 48.9 Å². The van der Waals surface area contributed by atoms with Crippen LogP contribution in [0.3, 0.4) is 0 Å². The van der Waals surface area contributed by atoms with Gasteiger partial charge in [-0.25, -0.2) is 0 Å². The van der Waals surface area contributed by atoms with Crippen molar-refractivity contribution in [1.82, 2.24) is 9.78 Å². The molecule has 1 aromatic carbocycles. The van der Waals surface area contributed by atoms with Gasteiger partial charge in [-0.15, -0.1) is 0 Å². The van der Waals surface area contributed by atoms with Crippen LogP contribution < -0.4 is 0 Å². The highest BCUT2D eigenvalue weighted by Crippen LogP contribution is 2.68. The minimum atomic E-state index is -0.650. The first-order valence-electron chi connectivity index (χ1n) is 14.0. The predicted octanol–water partition coefficient (Wildman–Crippen LogP) is 6.30. The number of rotatable bonds is 5. The topological polar surface area (TPSA) is 64.3 Å². The highest BCUT2D eigenvalue weighted by molar-refractivity contribution is 6.31. The molecule has 4 fully saturated rings. The van der Waals surface area contributed by atoms with Crippen molar-refractivity contribution in [2.45, 2.75) is 83.8 Å². The van der Waals surface area contributed by atoms with Crippen LogP contribution >= 0.6 is 11.6 Å². The molecule has 1 heterocycles. The minimum Gasteiger partial charge on any atom is -0.387 e. The average molecular weight is 513 g/mol. The number of benzene rings is 1. The number of methoxy groups -OCH3 is 1. The van der Waals surface area contributed by atoms with Gasteiger partial charge < -0.3 is 9.84 Å². The Labute approximate surface area is 219 Å². The molecule has 0 saturated heterocycles. The number of fused-ring (bicyclic) bond motifs is 6. The summed E-state index contributed by atoms with van der Waals surface area (Å²) in [5, 5.41) is 17.4. The number of hydrogen-bond donors (Lipinski definition) is 1. The summed E-state index contributed by atoms with van der Waals surface area (Å²) >= 11 is 6.15. The second-order valence-electron chi connectivity index (χ2n) is 13.2. The summed E-state index contributed by atoms with van der Waals surface area (Å²) in [6, 6.07) is 5.69. The summed E-state index contributed by atoms with van der Waals surface area (Å²) in [4.78, 5) is 13.7. The molecule has 5 nitrogen and oxygen atoms in total. The lowest BCUT2D eigenvalue weighted by Crippen LogP contribution is -2.56. The third kappa shape index (κ3) is 3.87. The van der Waals surface area contributed by atoms with Crippen LogP contribution in [0.2, 0.25) is 5.02 Å². The number of hydrogen-bond acceptors (Lipinski definition) is 4. The van der Waals surface area contributed by atoms with Crippen molar-refractivity contribution in [2.24, 2.45) is 40.4 Å². The zero-order valence-electron chi connectivity index (χ0n) is 22.0. The molecule has 0 radical (unpaired) electrons. The first kappa shape index (κ1) is 24.9.